The molecule has 2 aromatic heterocycles. The fourth-order valence-electron chi connectivity index (χ4n) is 3.32. The summed E-state index contributed by atoms with van der Waals surface area (Å²) in [7, 11) is 0. The van der Waals surface area contributed by atoms with Crippen LogP contribution >= 0.6 is 0 Å². The molecule has 0 aliphatic rings. The summed E-state index contributed by atoms with van der Waals surface area (Å²) in [4.78, 5) is 40.8. The van der Waals surface area contributed by atoms with Gasteiger partial charge in [-0.05, 0) is 31.2 Å². The monoisotopic (exact) mass is 447 g/mol. The number of carbonyl (C=O) groups excluding carboxylic acids is 3. The lowest BCUT2D eigenvalue weighted by atomic mass is 10.1. The number of ketones is 1. The van der Waals surface area contributed by atoms with Gasteiger partial charge in [0.15, 0.2) is 6.61 Å². The number of ether oxygens (including phenoxy) is 1. The van der Waals surface area contributed by atoms with Crippen LogP contribution < -0.4 is 5.32 Å². The van der Waals surface area contributed by atoms with Gasteiger partial charge in [0.05, 0.1) is 27.9 Å². The van der Waals surface area contributed by atoms with Gasteiger partial charge in [0, 0.05) is 18.2 Å². The van der Waals surface area contributed by atoms with Gasteiger partial charge in [0.1, 0.15) is 5.82 Å². The number of hydrogen-bond acceptors (Lipinski definition) is 7. The molecule has 1 amide bonds. The fourth-order valence-corrected chi connectivity index (χ4v) is 3.32. The largest absolute Gasteiger partial charge is 0.454 e. The van der Waals surface area contributed by atoms with Crippen LogP contribution in [0.5, 0.6) is 0 Å². The maximum atomic E-state index is 14.3. The van der Waals surface area contributed by atoms with Gasteiger partial charge < -0.3 is 14.6 Å². The molecule has 4 rings (SSSR count). The van der Waals surface area contributed by atoms with E-state index in [0.29, 0.717) is 16.8 Å². The number of nitrogens with zero attached hydrogens (tertiary/aromatic N) is 2. The van der Waals surface area contributed by atoms with Crippen LogP contribution in [0.25, 0.3) is 22.4 Å². The number of hydrogen-bond donors (Lipinski definition) is 1. The molecule has 0 spiro atoms. The van der Waals surface area contributed by atoms with Gasteiger partial charge >= 0.3 is 5.97 Å². The molecular weight excluding hydrogens is 429 g/mol. The van der Waals surface area contributed by atoms with Crippen LogP contribution in [-0.4, -0.2) is 34.4 Å². The van der Waals surface area contributed by atoms with Crippen LogP contribution in [0.15, 0.2) is 59.1 Å². The minimum atomic E-state index is -0.838. The third-order valence-corrected chi connectivity index (χ3v) is 4.83. The number of benzene rings is 2. The summed E-state index contributed by atoms with van der Waals surface area (Å²) in [5, 5.41) is 6.66. The quantitative estimate of drug-likeness (QED) is 0.346. The van der Waals surface area contributed by atoms with Crippen molar-refractivity contribution in [1.82, 2.24) is 10.1 Å². The molecule has 0 aliphatic heterocycles. The van der Waals surface area contributed by atoms with E-state index in [2.05, 4.69) is 15.5 Å². The summed E-state index contributed by atoms with van der Waals surface area (Å²) >= 11 is 0. The van der Waals surface area contributed by atoms with E-state index in [0.717, 1.165) is 11.6 Å². The Balaban J connectivity index is 1.57. The molecule has 4 aromatic rings. The summed E-state index contributed by atoms with van der Waals surface area (Å²) in [6.45, 7) is 2.26. The van der Waals surface area contributed by atoms with Crippen LogP contribution in [0, 0.1) is 12.7 Å². The third kappa shape index (κ3) is 4.62. The number of pyridine rings is 1. The fraction of sp³-hybridized carbons (Fsp3) is 0.125. The Morgan fingerprint density at radius 3 is 2.52 bits per heavy atom. The average Bonchev–Trinajstić information content (AvgIpc) is 3.17. The van der Waals surface area contributed by atoms with Crippen molar-refractivity contribution in [1.29, 1.82) is 0 Å². The van der Waals surface area contributed by atoms with Crippen LogP contribution in [0.2, 0.25) is 0 Å². The van der Waals surface area contributed by atoms with Gasteiger partial charge in [-0.3, -0.25) is 9.59 Å². The Morgan fingerprint density at radius 2 is 1.82 bits per heavy atom. The van der Waals surface area contributed by atoms with E-state index >= 15 is 0 Å². The predicted octanol–water partition coefficient (Wildman–Crippen LogP) is 4.34. The summed E-state index contributed by atoms with van der Waals surface area (Å²) in [6.07, 6.45) is 0. The number of carbonyl (C=O) groups is 3. The Bertz CT molecular complexity index is 1380. The number of anilines is 1. The van der Waals surface area contributed by atoms with Crippen molar-refractivity contribution < 1.29 is 28.0 Å². The number of esters is 1. The molecule has 166 valence electrons. The lowest BCUT2D eigenvalue weighted by Crippen LogP contribution is -2.16. The van der Waals surface area contributed by atoms with Crippen molar-refractivity contribution in [3.63, 3.8) is 0 Å². The summed E-state index contributed by atoms with van der Waals surface area (Å²) < 4.78 is 24.7. The number of aromatic nitrogens is 2. The van der Waals surface area contributed by atoms with E-state index in [-0.39, 0.29) is 28.4 Å². The van der Waals surface area contributed by atoms with Gasteiger partial charge in [0.2, 0.25) is 11.7 Å². The highest BCUT2D eigenvalue weighted by atomic mass is 19.1. The second-order valence-corrected chi connectivity index (χ2v) is 7.24. The molecular formula is C24H18FN3O5. The first-order chi connectivity index (χ1) is 15.8. The number of Topliss-reactive ketones (excluding diaryl/α,β-unsaturated/α-hetero) is 1. The van der Waals surface area contributed by atoms with E-state index in [1.54, 1.807) is 6.92 Å². The second kappa shape index (κ2) is 8.99. The van der Waals surface area contributed by atoms with Crippen molar-refractivity contribution in [3.8, 4) is 11.3 Å². The first-order valence-corrected chi connectivity index (χ1v) is 9.93. The molecule has 33 heavy (non-hydrogen) atoms. The molecule has 8 nitrogen and oxygen atoms in total. The molecule has 2 heterocycles. The Hall–Kier alpha value is -4.40. The Morgan fingerprint density at radius 1 is 1.06 bits per heavy atom. The first-order valence-electron chi connectivity index (χ1n) is 9.93. The van der Waals surface area contributed by atoms with Crippen LogP contribution in [-0.2, 0) is 9.53 Å². The van der Waals surface area contributed by atoms with Crippen LogP contribution in [0.4, 0.5) is 10.1 Å². The minimum absolute atomic E-state index is 0.131. The van der Waals surface area contributed by atoms with Gasteiger partial charge in [-0.25, -0.2) is 14.2 Å². The van der Waals surface area contributed by atoms with Crippen molar-refractivity contribution >= 4 is 34.4 Å². The van der Waals surface area contributed by atoms with Gasteiger partial charge in [-0.2, -0.15) is 0 Å². The third-order valence-electron chi connectivity index (χ3n) is 4.83. The lowest BCUT2D eigenvalue weighted by Gasteiger charge is -2.09. The maximum absolute atomic E-state index is 14.3. The average molecular weight is 447 g/mol. The zero-order chi connectivity index (χ0) is 23.5. The first kappa shape index (κ1) is 21.8. The number of aryl methyl sites for hydroxylation is 1. The van der Waals surface area contributed by atoms with Crippen molar-refractivity contribution in [3.05, 3.63) is 77.2 Å². The molecule has 0 radical (unpaired) electrons. The van der Waals surface area contributed by atoms with E-state index in [4.69, 9.17) is 9.26 Å². The van der Waals surface area contributed by atoms with E-state index in [9.17, 15) is 18.8 Å². The molecule has 0 bridgehead atoms. The molecule has 0 fully saturated rings. The lowest BCUT2D eigenvalue weighted by molar-refractivity contribution is -0.114. The Labute approximate surface area is 187 Å². The molecule has 9 heteroatoms. The topological polar surface area (TPSA) is 111 Å². The summed E-state index contributed by atoms with van der Waals surface area (Å²) in [5.41, 5.74) is 1.90. The van der Waals surface area contributed by atoms with E-state index < -0.39 is 24.2 Å². The standard InChI is InChI=1S/C24H18FN3O5/c1-13-22-18(11-20(27-23(22)33-28-13)15-6-4-3-5-7-15)24(31)32-12-21(30)17-9-8-16(10-19(17)25)26-14(2)29/h3-11H,12H2,1-2H3,(H,26,29). The maximum Gasteiger partial charge on any atom is 0.339 e. The normalized spacial score (nSPS) is 10.8. The van der Waals surface area contributed by atoms with Crippen LogP contribution in [0.1, 0.15) is 33.3 Å². The van der Waals surface area contributed by atoms with Gasteiger partial charge in [-0.15, -0.1) is 0 Å². The number of nitrogens with one attached hydrogen (secondary N) is 1. The smallest absolute Gasteiger partial charge is 0.339 e. The van der Waals surface area contributed by atoms with Gasteiger partial charge in [0.25, 0.3) is 5.71 Å². The molecule has 0 saturated carbocycles. The number of fused-ring (bicyclic) bond motifs is 1. The number of rotatable bonds is 6. The Kier molecular flexibility index (Phi) is 5.95. The summed E-state index contributed by atoms with van der Waals surface area (Å²) in [6, 6.07) is 14.3. The van der Waals surface area contributed by atoms with E-state index in [1.807, 2.05) is 30.3 Å². The molecule has 0 aliphatic carbocycles. The predicted molar refractivity (Wildman–Crippen MR) is 117 cm³/mol. The molecule has 2 aromatic carbocycles. The highest BCUT2D eigenvalue weighted by Gasteiger charge is 2.22. The van der Waals surface area contributed by atoms with Crippen LogP contribution in [0.3, 0.4) is 0 Å². The molecule has 0 saturated heterocycles. The SMILES string of the molecule is CC(=O)Nc1ccc(C(=O)COC(=O)c2cc(-c3ccccc3)nc3onc(C)c23)c(F)c1. The zero-order valence-corrected chi connectivity index (χ0v) is 17.7. The highest BCUT2D eigenvalue weighted by molar-refractivity contribution is 6.06. The molecule has 1 N–H and O–H groups in total. The van der Waals surface area contributed by atoms with E-state index in [1.165, 1.54) is 25.1 Å². The number of halogens is 1. The number of amides is 1. The highest BCUT2D eigenvalue weighted by Crippen LogP contribution is 2.27. The molecule has 0 unspecified atom stereocenters. The minimum Gasteiger partial charge on any atom is -0.454 e. The van der Waals surface area contributed by atoms with Gasteiger partial charge in [-0.1, -0.05) is 35.5 Å². The second-order valence-electron chi connectivity index (χ2n) is 7.24. The van der Waals surface area contributed by atoms with Crippen molar-refractivity contribution in [2.75, 3.05) is 11.9 Å². The van der Waals surface area contributed by atoms with Crippen molar-refractivity contribution in [2.45, 2.75) is 13.8 Å². The van der Waals surface area contributed by atoms with Crippen molar-refractivity contribution in [2.24, 2.45) is 0 Å². The zero-order valence-electron chi connectivity index (χ0n) is 17.7. The summed E-state index contributed by atoms with van der Waals surface area (Å²) in [5.74, 6) is -2.74. The molecule has 0 atom stereocenters.